The van der Waals surface area contributed by atoms with Gasteiger partial charge in [0.05, 0.1) is 19.3 Å². The monoisotopic (exact) mass is 532 g/mol. The molecule has 0 amide bonds. The van der Waals surface area contributed by atoms with Crippen molar-refractivity contribution in [2.24, 2.45) is 4.99 Å². The summed E-state index contributed by atoms with van der Waals surface area (Å²) in [5.74, 6) is 2.46. The highest BCUT2D eigenvalue weighted by Gasteiger charge is 2.13. The normalized spacial score (nSPS) is 15.4. The van der Waals surface area contributed by atoms with Crippen LogP contribution in [0.5, 0.6) is 11.5 Å². The molecule has 172 valence electrons. The van der Waals surface area contributed by atoms with Crippen LogP contribution in [0.3, 0.4) is 0 Å². The van der Waals surface area contributed by atoms with E-state index in [1.807, 2.05) is 19.9 Å². The number of nitrogens with zero attached hydrogens (tertiary/aromatic N) is 2. The Balaban J connectivity index is 0.00000450. The maximum atomic E-state index is 5.76. The molecule has 0 spiro atoms. The van der Waals surface area contributed by atoms with E-state index in [1.165, 1.54) is 38.9 Å². The summed E-state index contributed by atoms with van der Waals surface area (Å²) < 4.78 is 11.4. The number of unbranched alkanes of at least 4 members (excludes halogenated alkanes) is 1. The van der Waals surface area contributed by atoms with Gasteiger partial charge in [-0.3, -0.25) is 4.99 Å². The average Bonchev–Trinajstić information content (AvgIpc) is 3.23. The van der Waals surface area contributed by atoms with Gasteiger partial charge in [0.15, 0.2) is 17.5 Å². The van der Waals surface area contributed by atoms with Crippen LogP contribution in [0.1, 0.15) is 65.0 Å². The molecule has 0 aliphatic carbocycles. The molecular weight excluding hydrogens is 491 g/mol. The van der Waals surface area contributed by atoms with Crippen LogP contribution in [-0.2, 0) is 0 Å². The number of halogens is 1. The van der Waals surface area contributed by atoms with Gasteiger partial charge in [-0.15, -0.1) is 24.0 Å². The molecule has 1 aliphatic rings. The molecule has 1 aromatic rings. The third-order valence-corrected chi connectivity index (χ3v) is 5.12. The van der Waals surface area contributed by atoms with Crippen molar-refractivity contribution >= 4 is 29.9 Å². The van der Waals surface area contributed by atoms with Gasteiger partial charge in [-0.2, -0.15) is 0 Å². The van der Waals surface area contributed by atoms with Crippen LogP contribution >= 0.6 is 24.0 Å². The van der Waals surface area contributed by atoms with Gasteiger partial charge in [0.2, 0.25) is 0 Å². The minimum atomic E-state index is 0. The number of guanidine groups is 1. The lowest BCUT2D eigenvalue weighted by molar-refractivity contribution is 0.287. The lowest BCUT2D eigenvalue weighted by Gasteiger charge is -2.20. The second-order valence-corrected chi connectivity index (χ2v) is 7.45. The number of aliphatic imine (C=N–C) groups is 1. The van der Waals surface area contributed by atoms with E-state index in [-0.39, 0.29) is 30.0 Å². The minimum Gasteiger partial charge on any atom is -0.490 e. The minimum absolute atomic E-state index is 0. The van der Waals surface area contributed by atoms with Gasteiger partial charge in [0.25, 0.3) is 0 Å². The van der Waals surface area contributed by atoms with Gasteiger partial charge >= 0.3 is 0 Å². The smallest absolute Gasteiger partial charge is 0.191 e. The molecular formula is C23H41IN4O2. The fourth-order valence-corrected chi connectivity index (χ4v) is 3.59. The molecule has 1 atom stereocenters. The largest absolute Gasteiger partial charge is 0.490 e. The highest BCUT2D eigenvalue weighted by molar-refractivity contribution is 14.0. The zero-order valence-electron chi connectivity index (χ0n) is 19.2. The highest BCUT2D eigenvalue weighted by atomic mass is 127. The van der Waals surface area contributed by atoms with Crippen LogP contribution in [0.2, 0.25) is 0 Å². The molecule has 2 N–H and O–H groups in total. The summed E-state index contributed by atoms with van der Waals surface area (Å²) in [4.78, 5) is 7.34. The number of benzene rings is 1. The molecule has 1 fully saturated rings. The molecule has 0 radical (unpaired) electrons. The summed E-state index contributed by atoms with van der Waals surface area (Å²) in [6.45, 7) is 14.9. The summed E-state index contributed by atoms with van der Waals surface area (Å²) in [6.07, 6.45) is 5.07. The van der Waals surface area contributed by atoms with Crippen molar-refractivity contribution in [1.82, 2.24) is 15.5 Å². The third-order valence-electron chi connectivity index (χ3n) is 5.12. The fourth-order valence-electron chi connectivity index (χ4n) is 3.59. The molecule has 6 nitrogen and oxygen atoms in total. The van der Waals surface area contributed by atoms with Gasteiger partial charge in [-0.25, -0.2) is 0 Å². The first kappa shape index (κ1) is 26.8. The third kappa shape index (κ3) is 9.29. The lowest BCUT2D eigenvalue weighted by Crippen LogP contribution is -2.38. The molecule has 30 heavy (non-hydrogen) atoms. The number of ether oxygens (including phenoxy) is 2. The van der Waals surface area contributed by atoms with Crippen molar-refractivity contribution in [3.63, 3.8) is 0 Å². The van der Waals surface area contributed by atoms with Gasteiger partial charge in [-0.05, 0) is 90.7 Å². The SMILES string of the molecule is CCNC(=NCCCCN1CCCC1)NC(C)c1ccc(OCC)c(OCC)c1.I. The van der Waals surface area contributed by atoms with Crippen molar-refractivity contribution in [2.75, 3.05) is 45.9 Å². The van der Waals surface area contributed by atoms with Crippen molar-refractivity contribution in [1.29, 1.82) is 0 Å². The number of rotatable bonds is 12. The Morgan fingerprint density at radius 3 is 2.43 bits per heavy atom. The molecule has 2 rings (SSSR count). The van der Waals surface area contributed by atoms with E-state index in [9.17, 15) is 0 Å². The Kier molecular flexibility index (Phi) is 13.9. The summed E-state index contributed by atoms with van der Waals surface area (Å²) in [6, 6.07) is 6.26. The predicted molar refractivity (Wildman–Crippen MR) is 137 cm³/mol. The number of nitrogens with one attached hydrogen (secondary N) is 2. The van der Waals surface area contributed by atoms with E-state index in [0.717, 1.165) is 42.5 Å². The van der Waals surface area contributed by atoms with Crippen LogP contribution in [0, 0.1) is 0 Å². The van der Waals surface area contributed by atoms with Crippen LogP contribution in [0.15, 0.2) is 23.2 Å². The Morgan fingerprint density at radius 2 is 1.77 bits per heavy atom. The van der Waals surface area contributed by atoms with E-state index in [2.05, 4.69) is 41.5 Å². The number of likely N-dealkylation sites (tertiary alicyclic amines) is 1. The second-order valence-electron chi connectivity index (χ2n) is 7.45. The van der Waals surface area contributed by atoms with E-state index < -0.39 is 0 Å². The standard InChI is InChI=1S/C23H40N4O2.HI/c1-5-24-23(25-14-8-9-15-27-16-10-11-17-27)26-19(4)20-12-13-21(28-6-2)22(18-20)29-7-3;/h12-13,18-19H,5-11,14-17H2,1-4H3,(H2,24,25,26);1H. The van der Waals surface area contributed by atoms with E-state index in [0.29, 0.717) is 13.2 Å². The first-order valence-electron chi connectivity index (χ1n) is 11.3. The maximum Gasteiger partial charge on any atom is 0.191 e. The van der Waals surface area contributed by atoms with Crippen LogP contribution in [0.25, 0.3) is 0 Å². The summed E-state index contributed by atoms with van der Waals surface area (Å²) in [5.41, 5.74) is 1.15. The number of hydrogen-bond donors (Lipinski definition) is 2. The summed E-state index contributed by atoms with van der Waals surface area (Å²) in [5, 5.41) is 6.88. The van der Waals surface area contributed by atoms with Gasteiger partial charge in [-0.1, -0.05) is 6.07 Å². The fraction of sp³-hybridized carbons (Fsp3) is 0.696. The van der Waals surface area contributed by atoms with Crippen LogP contribution in [-0.4, -0.2) is 56.8 Å². The zero-order valence-corrected chi connectivity index (χ0v) is 21.5. The predicted octanol–water partition coefficient (Wildman–Crippen LogP) is 4.59. The highest BCUT2D eigenvalue weighted by Crippen LogP contribution is 2.30. The van der Waals surface area contributed by atoms with E-state index >= 15 is 0 Å². The first-order chi connectivity index (χ1) is 14.2. The van der Waals surface area contributed by atoms with Crippen molar-refractivity contribution in [2.45, 2.75) is 59.4 Å². The van der Waals surface area contributed by atoms with Crippen LogP contribution in [0.4, 0.5) is 0 Å². The van der Waals surface area contributed by atoms with Crippen molar-refractivity contribution < 1.29 is 9.47 Å². The maximum absolute atomic E-state index is 5.76. The Bertz CT molecular complexity index is 621. The Labute approximate surface area is 200 Å². The molecule has 0 bridgehead atoms. The van der Waals surface area contributed by atoms with Crippen molar-refractivity contribution in [3.8, 4) is 11.5 Å². The number of hydrogen-bond acceptors (Lipinski definition) is 4. The van der Waals surface area contributed by atoms with E-state index in [1.54, 1.807) is 0 Å². The molecule has 0 aromatic heterocycles. The quantitative estimate of drug-likeness (QED) is 0.179. The van der Waals surface area contributed by atoms with Crippen LogP contribution < -0.4 is 20.1 Å². The second kappa shape index (κ2) is 15.6. The summed E-state index contributed by atoms with van der Waals surface area (Å²) in [7, 11) is 0. The van der Waals surface area contributed by atoms with Gasteiger partial charge < -0.3 is 25.0 Å². The van der Waals surface area contributed by atoms with Gasteiger partial charge in [0, 0.05) is 13.1 Å². The molecule has 1 saturated heterocycles. The van der Waals surface area contributed by atoms with Crippen molar-refractivity contribution in [3.05, 3.63) is 23.8 Å². The molecule has 1 aliphatic heterocycles. The molecule has 1 heterocycles. The topological polar surface area (TPSA) is 58.1 Å². The molecule has 7 heteroatoms. The Hall–Kier alpha value is -1.22. The zero-order chi connectivity index (χ0) is 20.9. The molecule has 1 aromatic carbocycles. The average molecular weight is 533 g/mol. The van der Waals surface area contributed by atoms with E-state index in [4.69, 9.17) is 14.5 Å². The summed E-state index contributed by atoms with van der Waals surface area (Å²) >= 11 is 0. The first-order valence-corrected chi connectivity index (χ1v) is 11.3. The van der Waals surface area contributed by atoms with Gasteiger partial charge in [0.1, 0.15) is 0 Å². The Morgan fingerprint density at radius 1 is 1.07 bits per heavy atom. The molecule has 0 saturated carbocycles. The lowest BCUT2D eigenvalue weighted by atomic mass is 10.1. The molecule has 1 unspecified atom stereocenters.